The molecule has 0 amide bonds. The molecule has 0 aromatic heterocycles. The van der Waals surface area contributed by atoms with Gasteiger partial charge in [-0.1, -0.05) is 11.6 Å². The van der Waals surface area contributed by atoms with E-state index in [4.69, 9.17) is 11.6 Å². The zero-order chi connectivity index (χ0) is 11.8. The molecule has 0 aliphatic heterocycles. The molecule has 0 bridgehead atoms. The number of hydrogen-bond acceptors (Lipinski definition) is 2. The number of ketones is 1. The summed E-state index contributed by atoms with van der Waals surface area (Å²) < 4.78 is 13.5. The van der Waals surface area contributed by atoms with Crippen LogP contribution in [0.15, 0.2) is 18.2 Å². The average Bonchev–Trinajstić information content (AvgIpc) is 2.66. The second-order valence-corrected chi connectivity index (χ2v) is 4.63. The molecule has 16 heavy (non-hydrogen) atoms. The largest absolute Gasteiger partial charge is 0.382 e. The smallest absolute Gasteiger partial charge is 0.197 e. The van der Waals surface area contributed by atoms with Crippen molar-refractivity contribution in [2.24, 2.45) is 0 Å². The summed E-state index contributed by atoms with van der Waals surface area (Å²) in [6.45, 7) is 0. The minimum absolute atomic E-state index is 0.0752. The number of rotatable bonds is 2. The standard InChI is InChI=1S/C12H12ClFO2/c13-8-3-4-9(10(14)7-8)11(15)12(16)5-1-2-6-12/h3-4,7,16H,1-2,5-6H2. The van der Waals surface area contributed by atoms with Gasteiger partial charge in [0.25, 0.3) is 0 Å². The fraction of sp³-hybridized carbons (Fsp3) is 0.417. The Labute approximate surface area is 98.0 Å². The molecular weight excluding hydrogens is 231 g/mol. The Balaban J connectivity index is 2.33. The van der Waals surface area contributed by atoms with Crippen molar-refractivity contribution in [3.05, 3.63) is 34.6 Å². The summed E-state index contributed by atoms with van der Waals surface area (Å²) in [6, 6.07) is 3.87. The van der Waals surface area contributed by atoms with Crippen molar-refractivity contribution < 1.29 is 14.3 Å². The van der Waals surface area contributed by atoms with Crippen LogP contribution in [0.3, 0.4) is 0 Å². The summed E-state index contributed by atoms with van der Waals surface area (Å²) in [7, 11) is 0. The van der Waals surface area contributed by atoms with E-state index in [-0.39, 0.29) is 10.6 Å². The van der Waals surface area contributed by atoms with Crippen LogP contribution < -0.4 is 0 Å². The molecule has 1 aromatic rings. The zero-order valence-corrected chi connectivity index (χ0v) is 9.43. The molecule has 0 atom stereocenters. The van der Waals surface area contributed by atoms with Crippen LogP contribution in [0.2, 0.25) is 5.02 Å². The number of Topliss-reactive ketones (excluding diaryl/α,β-unsaturated/α-hetero) is 1. The molecule has 4 heteroatoms. The van der Waals surface area contributed by atoms with Gasteiger partial charge in [0.15, 0.2) is 5.78 Å². The number of carbonyl (C=O) groups excluding carboxylic acids is 1. The van der Waals surface area contributed by atoms with Crippen LogP contribution in [0, 0.1) is 5.82 Å². The van der Waals surface area contributed by atoms with E-state index in [1.807, 2.05) is 0 Å². The number of halogens is 2. The van der Waals surface area contributed by atoms with Gasteiger partial charge in [-0.2, -0.15) is 0 Å². The Morgan fingerprint density at radius 1 is 1.38 bits per heavy atom. The van der Waals surface area contributed by atoms with Crippen LogP contribution >= 0.6 is 11.6 Å². The van der Waals surface area contributed by atoms with E-state index in [0.29, 0.717) is 12.8 Å². The number of benzene rings is 1. The monoisotopic (exact) mass is 242 g/mol. The lowest BCUT2D eigenvalue weighted by atomic mass is 9.91. The van der Waals surface area contributed by atoms with Crippen molar-refractivity contribution in [3.8, 4) is 0 Å². The van der Waals surface area contributed by atoms with E-state index < -0.39 is 17.2 Å². The second kappa shape index (κ2) is 4.15. The average molecular weight is 243 g/mol. The first kappa shape index (κ1) is 11.6. The summed E-state index contributed by atoms with van der Waals surface area (Å²) in [5.74, 6) is -1.20. The fourth-order valence-corrected chi connectivity index (χ4v) is 2.27. The van der Waals surface area contributed by atoms with Gasteiger partial charge in [-0.15, -0.1) is 0 Å². The first-order chi connectivity index (χ1) is 7.53. The lowest BCUT2D eigenvalue weighted by Gasteiger charge is -2.20. The van der Waals surface area contributed by atoms with Gasteiger partial charge in [-0.3, -0.25) is 4.79 Å². The van der Waals surface area contributed by atoms with Crippen LogP contribution in [0.5, 0.6) is 0 Å². The van der Waals surface area contributed by atoms with Gasteiger partial charge in [0.2, 0.25) is 0 Å². The van der Waals surface area contributed by atoms with E-state index in [1.165, 1.54) is 12.1 Å². The molecule has 0 heterocycles. The van der Waals surface area contributed by atoms with E-state index in [0.717, 1.165) is 18.9 Å². The third-order valence-corrected chi connectivity index (χ3v) is 3.26. The highest BCUT2D eigenvalue weighted by atomic mass is 35.5. The summed E-state index contributed by atoms with van der Waals surface area (Å²) in [4.78, 5) is 12.0. The van der Waals surface area contributed by atoms with Gasteiger partial charge in [-0.05, 0) is 43.9 Å². The molecular formula is C12H12ClFO2. The third-order valence-electron chi connectivity index (χ3n) is 3.03. The normalized spacial score (nSPS) is 18.7. The van der Waals surface area contributed by atoms with Crippen LogP contribution in [0.1, 0.15) is 36.0 Å². The van der Waals surface area contributed by atoms with Crippen molar-refractivity contribution in [2.75, 3.05) is 0 Å². The Morgan fingerprint density at radius 2 is 2.00 bits per heavy atom. The van der Waals surface area contributed by atoms with Crippen molar-refractivity contribution in [1.29, 1.82) is 0 Å². The summed E-state index contributed by atoms with van der Waals surface area (Å²) >= 11 is 5.60. The highest BCUT2D eigenvalue weighted by Crippen LogP contribution is 2.33. The topological polar surface area (TPSA) is 37.3 Å². The minimum atomic E-state index is -1.38. The molecule has 1 fully saturated rings. The maximum Gasteiger partial charge on any atom is 0.197 e. The molecule has 1 aliphatic carbocycles. The molecule has 2 rings (SSSR count). The van der Waals surface area contributed by atoms with Crippen molar-refractivity contribution in [3.63, 3.8) is 0 Å². The zero-order valence-electron chi connectivity index (χ0n) is 8.67. The summed E-state index contributed by atoms with van der Waals surface area (Å²) in [5, 5.41) is 10.3. The second-order valence-electron chi connectivity index (χ2n) is 4.19. The lowest BCUT2D eigenvalue weighted by Crippen LogP contribution is -2.35. The highest BCUT2D eigenvalue weighted by molar-refractivity contribution is 6.30. The van der Waals surface area contributed by atoms with Gasteiger partial charge in [0.1, 0.15) is 11.4 Å². The lowest BCUT2D eigenvalue weighted by molar-refractivity contribution is 0.0349. The van der Waals surface area contributed by atoms with Gasteiger partial charge >= 0.3 is 0 Å². The van der Waals surface area contributed by atoms with E-state index >= 15 is 0 Å². The Bertz CT molecular complexity index is 425. The first-order valence-corrected chi connectivity index (χ1v) is 5.63. The van der Waals surface area contributed by atoms with Crippen molar-refractivity contribution in [1.82, 2.24) is 0 Å². The first-order valence-electron chi connectivity index (χ1n) is 5.25. The summed E-state index contributed by atoms with van der Waals surface area (Å²) in [5.41, 5.74) is -1.46. The van der Waals surface area contributed by atoms with Gasteiger partial charge in [-0.25, -0.2) is 4.39 Å². The fourth-order valence-electron chi connectivity index (χ4n) is 2.11. The molecule has 1 N–H and O–H groups in total. The number of aliphatic hydroxyl groups is 1. The van der Waals surface area contributed by atoms with Crippen molar-refractivity contribution in [2.45, 2.75) is 31.3 Å². The number of hydrogen-bond donors (Lipinski definition) is 1. The third kappa shape index (κ3) is 1.97. The van der Waals surface area contributed by atoms with Gasteiger partial charge < -0.3 is 5.11 Å². The van der Waals surface area contributed by atoms with Gasteiger partial charge in [0.05, 0.1) is 5.56 Å². The van der Waals surface area contributed by atoms with Crippen LogP contribution in [0.25, 0.3) is 0 Å². The Morgan fingerprint density at radius 3 is 2.56 bits per heavy atom. The summed E-state index contributed by atoms with van der Waals surface area (Å²) in [6.07, 6.45) is 2.43. The van der Waals surface area contributed by atoms with E-state index in [2.05, 4.69) is 0 Å². The maximum absolute atomic E-state index is 13.5. The maximum atomic E-state index is 13.5. The highest BCUT2D eigenvalue weighted by Gasteiger charge is 2.40. The molecule has 1 aromatic carbocycles. The van der Waals surface area contributed by atoms with Crippen LogP contribution in [0.4, 0.5) is 4.39 Å². The molecule has 86 valence electrons. The Kier molecular flexibility index (Phi) is 3.00. The quantitative estimate of drug-likeness (QED) is 0.810. The SMILES string of the molecule is O=C(c1ccc(Cl)cc1F)C1(O)CCCC1. The molecule has 0 unspecified atom stereocenters. The van der Waals surface area contributed by atoms with E-state index in [9.17, 15) is 14.3 Å². The minimum Gasteiger partial charge on any atom is -0.382 e. The molecule has 0 saturated heterocycles. The molecule has 0 radical (unpaired) electrons. The predicted octanol–water partition coefficient (Wildman–Crippen LogP) is 2.97. The number of carbonyl (C=O) groups is 1. The molecule has 1 saturated carbocycles. The Hall–Kier alpha value is -0.930. The van der Waals surface area contributed by atoms with Gasteiger partial charge in [0, 0.05) is 5.02 Å². The molecule has 2 nitrogen and oxygen atoms in total. The van der Waals surface area contributed by atoms with Crippen LogP contribution in [-0.4, -0.2) is 16.5 Å². The predicted molar refractivity (Wildman–Crippen MR) is 59.2 cm³/mol. The molecule has 1 aliphatic rings. The molecule has 0 spiro atoms. The van der Waals surface area contributed by atoms with Crippen molar-refractivity contribution >= 4 is 17.4 Å². The van der Waals surface area contributed by atoms with Crippen LogP contribution in [-0.2, 0) is 0 Å². The van der Waals surface area contributed by atoms with E-state index in [1.54, 1.807) is 0 Å².